The van der Waals surface area contributed by atoms with E-state index in [1.54, 1.807) is 7.11 Å². The first kappa shape index (κ1) is 15.8. The second kappa shape index (κ2) is 10.0. The lowest BCUT2D eigenvalue weighted by molar-refractivity contribution is -0.143. The van der Waals surface area contributed by atoms with Gasteiger partial charge in [0.2, 0.25) is 5.91 Å². The normalized spacial score (nSPS) is 12.1. The quantitative estimate of drug-likeness (QED) is 0.495. The predicted octanol–water partition coefficient (Wildman–Crippen LogP) is -0.745. The van der Waals surface area contributed by atoms with Crippen molar-refractivity contribution >= 4 is 11.9 Å². The molecule has 0 aromatic rings. The molecular formula is C10H19NO6. The number of ether oxygens (including phenoxy) is 3. The topological polar surface area (TPSA) is 94.1 Å². The zero-order valence-corrected chi connectivity index (χ0v) is 10.1. The van der Waals surface area contributed by atoms with Crippen LogP contribution in [0, 0.1) is 0 Å². The van der Waals surface area contributed by atoms with Crippen LogP contribution in [-0.4, -0.2) is 63.2 Å². The number of nitrogens with one attached hydrogen (secondary N) is 1. The Hall–Kier alpha value is -1.18. The summed E-state index contributed by atoms with van der Waals surface area (Å²) in [6, 6.07) is -1.02. The van der Waals surface area contributed by atoms with Gasteiger partial charge in [-0.05, 0) is 0 Å². The summed E-state index contributed by atoms with van der Waals surface area (Å²) in [7, 11) is 1.57. The third-order valence-electron chi connectivity index (χ3n) is 1.76. The lowest BCUT2D eigenvalue weighted by Gasteiger charge is -2.13. The van der Waals surface area contributed by atoms with Crippen LogP contribution < -0.4 is 5.32 Å². The molecule has 100 valence electrons. The number of amides is 1. The van der Waals surface area contributed by atoms with Crippen LogP contribution in [0.5, 0.6) is 0 Å². The van der Waals surface area contributed by atoms with Crippen molar-refractivity contribution in [1.82, 2.24) is 5.32 Å². The van der Waals surface area contributed by atoms with Crippen LogP contribution in [0.15, 0.2) is 0 Å². The van der Waals surface area contributed by atoms with Crippen LogP contribution >= 0.6 is 0 Å². The van der Waals surface area contributed by atoms with Crippen LogP contribution in [0.1, 0.15) is 6.92 Å². The minimum atomic E-state index is -1.12. The Morgan fingerprint density at radius 3 is 2.29 bits per heavy atom. The summed E-state index contributed by atoms with van der Waals surface area (Å²) in [4.78, 5) is 21.4. The zero-order valence-electron chi connectivity index (χ0n) is 10.1. The molecule has 0 heterocycles. The summed E-state index contributed by atoms with van der Waals surface area (Å²) in [5.74, 6) is -1.53. The van der Waals surface area contributed by atoms with E-state index in [0.717, 1.165) is 0 Å². The zero-order chi connectivity index (χ0) is 13.1. The fourth-order valence-corrected chi connectivity index (χ4v) is 0.983. The van der Waals surface area contributed by atoms with Gasteiger partial charge in [-0.3, -0.25) is 4.79 Å². The summed E-state index contributed by atoms with van der Waals surface area (Å²) in [6.07, 6.45) is 0. The van der Waals surface area contributed by atoms with E-state index in [1.165, 1.54) is 6.92 Å². The number of rotatable bonds is 10. The van der Waals surface area contributed by atoms with Crippen LogP contribution in [0.4, 0.5) is 0 Å². The molecule has 1 unspecified atom stereocenters. The van der Waals surface area contributed by atoms with Crippen molar-refractivity contribution in [3.63, 3.8) is 0 Å². The van der Waals surface area contributed by atoms with Crippen molar-refractivity contribution in [2.75, 3.05) is 40.1 Å². The molecule has 0 aliphatic heterocycles. The van der Waals surface area contributed by atoms with Gasteiger partial charge in [-0.2, -0.15) is 0 Å². The number of carbonyl (C=O) groups excluding carboxylic acids is 1. The molecule has 0 saturated carbocycles. The first-order valence-corrected chi connectivity index (χ1v) is 5.22. The fourth-order valence-electron chi connectivity index (χ4n) is 0.983. The van der Waals surface area contributed by atoms with Gasteiger partial charge in [0.05, 0.1) is 33.0 Å². The maximum atomic E-state index is 10.7. The second-order valence-electron chi connectivity index (χ2n) is 3.27. The van der Waals surface area contributed by atoms with Crippen molar-refractivity contribution in [1.29, 1.82) is 0 Å². The Morgan fingerprint density at radius 2 is 1.76 bits per heavy atom. The van der Waals surface area contributed by atoms with Crippen molar-refractivity contribution < 1.29 is 28.9 Å². The number of hydrogen-bond acceptors (Lipinski definition) is 5. The van der Waals surface area contributed by atoms with E-state index < -0.39 is 17.9 Å². The van der Waals surface area contributed by atoms with Crippen LogP contribution in [-0.2, 0) is 23.8 Å². The molecule has 0 rings (SSSR count). The smallest absolute Gasteiger partial charge is 0.328 e. The van der Waals surface area contributed by atoms with E-state index in [2.05, 4.69) is 5.32 Å². The maximum absolute atomic E-state index is 10.7. The second-order valence-corrected chi connectivity index (χ2v) is 3.27. The summed E-state index contributed by atoms with van der Waals surface area (Å²) >= 11 is 0. The number of hydrogen-bond donors (Lipinski definition) is 2. The van der Waals surface area contributed by atoms with E-state index in [9.17, 15) is 9.59 Å². The highest BCUT2D eigenvalue weighted by atomic mass is 16.5. The Balaban J connectivity index is 3.55. The summed E-state index contributed by atoms with van der Waals surface area (Å²) in [5.41, 5.74) is 0. The molecule has 0 aliphatic rings. The van der Waals surface area contributed by atoms with Gasteiger partial charge >= 0.3 is 5.97 Å². The highest BCUT2D eigenvalue weighted by Gasteiger charge is 2.17. The van der Waals surface area contributed by atoms with Gasteiger partial charge in [0.1, 0.15) is 0 Å². The van der Waals surface area contributed by atoms with Crippen LogP contribution in [0.3, 0.4) is 0 Å². The molecular weight excluding hydrogens is 230 g/mol. The third kappa shape index (κ3) is 9.73. The molecule has 0 radical (unpaired) electrons. The van der Waals surface area contributed by atoms with Crippen molar-refractivity contribution in [3.8, 4) is 0 Å². The minimum Gasteiger partial charge on any atom is -0.480 e. The number of carbonyl (C=O) groups is 2. The summed E-state index contributed by atoms with van der Waals surface area (Å²) < 4.78 is 15.0. The van der Waals surface area contributed by atoms with Gasteiger partial charge in [0, 0.05) is 14.0 Å². The first-order chi connectivity index (χ1) is 8.07. The first-order valence-electron chi connectivity index (χ1n) is 5.22. The van der Waals surface area contributed by atoms with E-state index in [-0.39, 0.29) is 13.2 Å². The lowest BCUT2D eigenvalue weighted by Crippen LogP contribution is -2.43. The fraction of sp³-hybridized carbons (Fsp3) is 0.800. The Morgan fingerprint density at radius 1 is 1.18 bits per heavy atom. The van der Waals surface area contributed by atoms with E-state index in [4.69, 9.17) is 19.3 Å². The standard InChI is InChI=1S/C10H19NO6/c1-8(12)11-9(10(13)14)7-17-6-5-16-4-3-15-2/h9H,3-7H2,1-2H3,(H,11,12)(H,13,14). The molecule has 1 amide bonds. The highest BCUT2D eigenvalue weighted by Crippen LogP contribution is 1.88. The van der Waals surface area contributed by atoms with Gasteiger partial charge < -0.3 is 24.6 Å². The van der Waals surface area contributed by atoms with Gasteiger partial charge in [-0.15, -0.1) is 0 Å². The van der Waals surface area contributed by atoms with Crippen molar-refractivity contribution in [3.05, 3.63) is 0 Å². The molecule has 7 heteroatoms. The minimum absolute atomic E-state index is 0.0808. The van der Waals surface area contributed by atoms with Crippen LogP contribution in [0.25, 0.3) is 0 Å². The summed E-state index contributed by atoms with van der Waals surface area (Å²) in [6.45, 7) is 2.77. The number of carboxylic acids is 1. The number of aliphatic carboxylic acids is 1. The largest absolute Gasteiger partial charge is 0.480 e. The average Bonchev–Trinajstić information content (AvgIpc) is 2.25. The maximum Gasteiger partial charge on any atom is 0.328 e. The van der Waals surface area contributed by atoms with Gasteiger partial charge in [-0.25, -0.2) is 4.79 Å². The van der Waals surface area contributed by atoms with Crippen LogP contribution in [0.2, 0.25) is 0 Å². The molecule has 2 N–H and O–H groups in total. The lowest BCUT2D eigenvalue weighted by atomic mass is 10.3. The molecule has 17 heavy (non-hydrogen) atoms. The van der Waals surface area contributed by atoms with E-state index in [1.807, 2.05) is 0 Å². The SMILES string of the molecule is COCCOCCOCC(NC(C)=O)C(=O)O. The van der Waals surface area contributed by atoms with E-state index >= 15 is 0 Å². The summed E-state index contributed by atoms with van der Waals surface area (Å²) in [5, 5.41) is 11.0. The highest BCUT2D eigenvalue weighted by molar-refractivity contribution is 5.82. The molecule has 0 aliphatic carbocycles. The van der Waals surface area contributed by atoms with E-state index in [0.29, 0.717) is 19.8 Å². The Kier molecular flexibility index (Phi) is 9.31. The molecule has 7 nitrogen and oxygen atoms in total. The van der Waals surface area contributed by atoms with Crippen molar-refractivity contribution in [2.45, 2.75) is 13.0 Å². The molecule has 0 aromatic carbocycles. The molecule has 0 spiro atoms. The Bertz CT molecular complexity index is 233. The molecule has 1 atom stereocenters. The van der Waals surface area contributed by atoms with Gasteiger partial charge in [-0.1, -0.05) is 0 Å². The third-order valence-corrected chi connectivity index (χ3v) is 1.76. The number of carboxylic acid groups (broad SMARTS) is 1. The van der Waals surface area contributed by atoms with Crippen molar-refractivity contribution in [2.24, 2.45) is 0 Å². The predicted molar refractivity (Wildman–Crippen MR) is 58.8 cm³/mol. The molecule has 0 saturated heterocycles. The Labute approximate surface area is 100 Å². The average molecular weight is 249 g/mol. The molecule has 0 fully saturated rings. The number of methoxy groups -OCH3 is 1. The monoisotopic (exact) mass is 249 g/mol. The van der Waals surface area contributed by atoms with Gasteiger partial charge in [0.25, 0.3) is 0 Å². The molecule has 0 aromatic heterocycles. The van der Waals surface area contributed by atoms with Gasteiger partial charge in [0.15, 0.2) is 6.04 Å². The molecule has 0 bridgehead atoms.